The topological polar surface area (TPSA) is 66.4 Å². The number of rotatable bonds is 6. The molecule has 0 heterocycles. The lowest BCUT2D eigenvalue weighted by molar-refractivity contribution is -0.138. The van der Waals surface area contributed by atoms with Crippen LogP contribution in [0.3, 0.4) is 0 Å². The molecule has 0 fully saturated rings. The fourth-order valence-electron chi connectivity index (χ4n) is 0.609. The molecule has 0 saturated heterocycles. The van der Waals surface area contributed by atoms with Crippen LogP contribution in [0.4, 0.5) is 0 Å². The van der Waals surface area contributed by atoms with E-state index in [1.165, 1.54) is 0 Å². The molecule has 4 heteroatoms. The first-order chi connectivity index (χ1) is 5.66. The summed E-state index contributed by atoms with van der Waals surface area (Å²) in [6, 6.07) is 0. The Labute approximate surface area is 71.0 Å². The number of aliphatic carboxylic acids is 1. The molecule has 0 atom stereocenters. The Kier molecular flexibility index (Phi) is 5.66. The van der Waals surface area contributed by atoms with Gasteiger partial charge in [-0.15, -0.1) is 6.42 Å². The average Bonchev–Trinajstić information content (AvgIpc) is 2.01. The summed E-state index contributed by atoms with van der Waals surface area (Å²) in [6.07, 6.45) is 4.87. The van der Waals surface area contributed by atoms with Crippen molar-refractivity contribution in [3.63, 3.8) is 0 Å². The van der Waals surface area contributed by atoms with Gasteiger partial charge in [0.05, 0.1) is 19.5 Å². The van der Waals surface area contributed by atoms with Gasteiger partial charge in [0.2, 0.25) is 0 Å². The fourth-order valence-corrected chi connectivity index (χ4v) is 0.609. The van der Waals surface area contributed by atoms with Gasteiger partial charge >= 0.3 is 5.97 Å². The van der Waals surface area contributed by atoms with E-state index in [4.69, 9.17) is 11.5 Å². The Morgan fingerprint density at radius 3 is 2.58 bits per heavy atom. The van der Waals surface area contributed by atoms with Gasteiger partial charge in [-0.05, 0) is 0 Å². The lowest BCUT2D eigenvalue weighted by Gasteiger charge is -1.97. The molecule has 0 aliphatic heterocycles. The van der Waals surface area contributed by atoms with Crippen molar-refractivity contribution in [2.24, 2.45) is 0 Å². The van der Waals surface area contributed by atoms with E-state index in [1.54, 1.807) is 0 Å². The van der Waals surface area contributed by atoms with E-state index < -0.39 is 5.97 Å². The van der Waals surface area contributed by atoms with Crippen LogP contribution < -0.4 is 5.32 Å². The summed E-state index contributed by atoms with van der Waals surface area (Å²) in [6.45, 7) is 0.482. The zero-order valence-corrected chi connectivity index (χ0v) is 6.67. The molecule has 0 bridgehead atoms. The fraction of sp³-hybridized carbons (Fsp3) is 0.500. The summed E-state index contributed by atoms with van der Waals surface area (Å²) >= 11 is 0. The predicted molar refractivity (Wildman–Crippen MR) is 43.6 cm³/mol. The molecular formula is C8H11NO3. The summed E-state index contributed by atoms with van der Waals surface area (Å²) in [5.74, 6) is 1.22. The molecule has 0 aromatic carbocycles. The van der Waals surface area contributed by atoms with Crippen molar-refractivity contribution in [3.05, 3.63) is 0 Å². The molecular weight excluding hydrogens is 158 g/mol. The highest BCUT2D eigenvalue weighted by atomic mass is 16.4. The van der Waals surface area contributed by atoms with Crippen LogP contribution in [0.2, 0.25) is 0 Å². The van der Waals surface area contributed by atoms with Gasteiger partial charge in [-0.3, -0.25) is 14.9 Å². The zero-order chi connectivity index (χ0) is 9.40. The first kappa shape index (κ1) is 10.7. The second-order valence-electron chi connectivity index (χ2n) is 2.24. The first-order valence-electron chi connectivity index (χ1n) is 3.54. The van der Waals surface area contributed by atoms with E-state index in [0.717, 1.165) is 0 Å². The Balaban J connectivity index is 3.35. The highest BCUT2D eigenvalue weighted by molar-refractivity contribution is 5.83. The Morgan fingerprint density at radius 2 is 2.08 bits per heavy atom. The van der Waals surface area contributed by atoms with Crippen LogP contribution in [-0.4, -0.2) is 29.9 Å². The standard InChI is InChI=1S/C8H11NO3/c1-2-5-9-6-7(10)3-4-8(11)12/h1,9H,3-6H2,(H,11,12). The highest BCUT2D eigenvalue weighted by Crippen LogP contribution is 1.89. The summed E-state index contributed by atoms with van der Waals surface area (Å²) in [7, 11) is 0. The van der Waals surface area contributed by atoms with Gasteiger partial charge in [0.1, 0.15) is 5.78 Å². The number of carbonyl (C=O) groups is 2. The quantitative estimate of drug-likeness (QED) is 0.421. The lowest BCUT2D eigenvalue weighted by atomic mass is 10.2. The van der Waals surface area contributed by atoms with Crippen molar-refractivity contribution in [1.29, 1.82) is 0 Å². The maximum Gasteiger partial charge on any atom is 0.303 e. The third-order valence-electron chi connectivity index (χ3n) is 1.17. The van der Waals surface area contributed by atoms with Crippen LogP contribution in [0, 0.1) is 12.3 Å². The van der Waals surface area contributed by atoms with Gasteiger partial charge in [0, 0.05) is 6.42 Å². The van der Waals surface area contributed by atoms with E-state index >= 15 is 0 Å². The average molecular weight is 169 g/mol. The van der Waals surface area contributed by atoms with E-state index in [9.17, 15) is 9.59 Å². The van der Waals surface area contributed by atoms with Crippen molar-refractivity contribution in [2.75, 3.05) is 13.1 Å². The predicted octanol–water partition coefficient (Wildman–Crippen LogP) is -0.357. The molecule has 0 aliphatic rings. The third kappa shape index (κ3) is 6.78. The summed E-state index contributed by atoms with van der Waals surface area (Å²) in [4.78, 5) is 20.9. The number of hydrogen-bond acceptors (Lipinski definition) is 3. The number of hydrogen-bond donors (Lipinski definition) is 2. The molecule has 0 aliphatic carbocycles. The molecule has 12 heavy (non-hydrogen) atoms. The smallest absolute Gasteiger partial charge is 0.303 e. The SMILES string of the molecule is C#CCNCC(=O)CCC(=O)O. The molecule has 0 aromatic rings. The number of nitrogens with one attached hydrogen (secondary N) is 1. The van der Waals surface area contributed by atoms with Crippen molar-refractivity contribution in [1.82, 2.24) is 5.32 Å². The van der Waals surface area contributed by atoms with Gasteiger partial charge in [0.25, 0.3) is 0 Å². The van der Waals surface area contributed by atoms with Gasteiger partial charge in [-0.25, -0.2) is 0 Å². The van der Waals surface area contributed by atoms with Crippen molar-refractivity contribution < 1.29 is 14.7 Å². The lowest BCUT2D eigenvalue weighted by Crippen LogP contribution is -2.23. The van der Waals surface area contributed by atoms with Crippen LogP contribution in [-0.2, 0) is 9.59 Å². The second-order valence-corrected chi connectivity index (χ2v) is 2.24. The van der Waals surface area contributed by atoms with Gasteiger partial charge in [0.15, 0.2) is 0 Å². The monoisotopic (exact) mass is 169 g/mol. The minimum Gasteiger partial charge on any atom is -0.481 e. The van der Waals surface area contributed by atoms with E-state index in [0.29, 0.717) is 6.54 Å². The first-order valence-corrected chi connectivity index (χ1v) is 3.54. The molecule has 0 amide bonds. The summed E-state index contributed by atoms with van der Waals surface area (Å²) in [5.41, 5.74) is 0. The second kappa shape index (κ2) is 6.38. The number of terminal acetylenes is 1. The van der Waals surface area contributed by atoms with Crippen LogP contribution in [0.5, 0.6) is 0 Å². The minimum absolute atomic E-state index is 0.0624. The Bertz CT molecular complexity index is 205. The molecule has 66 valence electrons. The minimum atomic E-state index is -0.958. The Morgan fingerprint density at radius 1 is 1.42 bits per heavy atom. The molecule has 4 nitrogen and oxygen atoms in total. The van der Waals surface area contributed by atoms with Crippen LogP contribution in [0.15, 0.2) is 0 Å². The van der Waals surface area contributed by atoms with Gasteiger partial charge < -0.3 is 5.11 Å². The maximum absolute atomic E-state index is 10.8. The van der Waals surface area contributed by atoms with Gasteiger partial charge in [-0.2, -0.15) is 0 Å². The number of carboxylic acid groups (broad SMARTS) is 1. The maximum atomic E-state index is 10.8. The summed E-state index contributed by atoms with van der Waals surface area (Å²) < 4.78 is 0. The van der Waals surface area contributed by atoms with E-state index in [1.807, 2.05) is 0 Å². The largest absolute Gasteiger partial charge is 0.481 e. The number of carbonyl (C=O) groups excluding carboxylic acids is 1. The van der Waals surface area contributed by atoms with Crippen LogP contribution in [0.25, 0.3) is 0 Å². The molecule has 0 radical (unpaired) electrons. The number of ketones is 1. The third-order valence-corrected chi connectivity index (χ3v) is 1.17. The van der Waals surface area contributed by atoms with Crippen LogP contribution in [0.1, 0.15) is 12.8 Å². The molecule has 0 spiro atoms. The molecule has 0 unspecified atom stereocenters. The molecule has 0 aromatic heterocycles. The molecule has 2 N–H and O–H groups in total. The van der Waals surface area contributed by atoms with Crippen LogP contribution >= 0.6 is 0 Å². The Hall–Kier alpha value is -1.34. The van der Waals surface area contributed by atoms with Crippen molar-refractivity contribution in [2.45, 2.75) is 12.8 Å². The normalized spacial score (nSPS) is 8.92. The van der Waals surface area contributed by atoms with E-state index in [-0.39, 0.29) is 25.2 Å². The number of carboxylic acids is 1. The van der Waals surface area contributed by atoms with E-state index in [2.05, 4.69) is 11.2 Å². The highest BCUT2D eigenvalue weighted by Gasteiger charge is 2.03. The summed E-state index contributed by atoms with van der Waals surface area (Å²) in [5, 5.41) is 10.9. The van der Waals surface area contributed by atoms with Crippen molar-refractivity contribution >= 4 is 11.8 Å². The van der Waals surface area contributed by atoms with Crippen molar-refractivity contribution in [3.8, 4) is 12.3 Å². The zero-order valence-electron chi connectivity index (χ0n) is 6.67. The van der Waals surface area contributed by atoms with Gasteiger partial charge in [-0.1, -0.05) is 5.92 Å². The molecule has 0 rings (SSSR count). The molecule has 0 saturated carbocycles. The number of Topliss-reactive ketones (excluding diaryl/α,β-unsaturated/α-hetero) is 1.